The van der Waals surface area contributed by atoms with Crippen LogP contribution in [0.4, 0.5) is 0 Å². The summed E-state index contributed by atoms with van der Waals surface area (Å²) in [5, 5.41) is 0. The molecule has 0 aromatic carbocycles. The summed E-state index contributed by atoms with van der Waals surface area (Å²) in [6.45, 7) is 15.0. The quantitative estimate of drug-likeness (QED) is 0.266. The van der Waals surface area contributed by atoms with Gasteiger partial charge in [-0.1, -0.05) is 53.4 Å². The molecule has 0 heterocycles. The van der Waals surface area contributed by atoms with E-state index in [4.69, 9.17) is 0 Å². The van der Waals surface area contributed by atoms with Gasteiger partial charge < -0.3 is 4.48 Å². The molecule has 0 rings (SSSR count). The van der Waals surface area contributed by atoms with Crippen molar-refractivity contribution < 1.29 is 24.0 Å². The molecule has 1 nitrogen and oxygen atoms in total. The van der Waals surface area contributed by atoms with E-state index in [-0.39, 0.29) is 48.9 Å². The Morgan fingerprint density at radius 2 is 0.750 bits per heavy atom. The number of hydrogen-bond acceptors (Lipinski definition) is 0. The molecule has 0 aromatic heterocycles. The maximum atomic E-state index is 2.33. The second-order valence-electron chi connectivity index (χ2n) is 5.65. The van der Waals surface area contributed by atoms with Crippen LogP contribution in [-0.4, -0.2) is 30.7 Å². The zero-order chi connectivity index (χ0) is 13.0. The van der Waals surface area contributed by atoms with E-state index in [2.05, 4.69) is 27.7 Å². The van der Waals surface area contributed by atoms with Gasteiger partial charge in [-0.25, -0.2) is 0 Å². The summed E-state index contributed by atoms with van der Waals surface area (Å²) in [5.74, 6) is 0. The van der Waals surface area contributed by atoms with E-state index in [1.54, 1.807) is 0 Å². The summed E-state index contributed by atoms with van der Waals surface area (Å²) < 4.78 is 1.42. The summed E-state index contributed by atoms with van der Waals surface area (Å²) in [7, 11) is 0. The van der Waals surface area contributed by atoms with Gasteiger partial charge >= 0.3 is 19.5 Å². The van der Waals surface area contributed by atoms with Crippen molar-refractivity contribution in [2.24, 2.45) is 0 Å². The number of rotatable bonds is 12. The SMILES string of the molecule is Br.CCCC[N+](CCCC)(CCCC)CCCC.Cl.[Zn+2]. The molecule has 0 aliphatic heterocycles. The molecule has 0 amide bonds. The molecule has 0 N–H and O–H groups in total. The Bertz CT molecular complexity index is 133. The van der Waals surface area contributed by atoms with Gasteiger partial charge in [-0.05, 0) is 25.7 Å². The fourth-order valence-corrected chi connectivity index (χ4v) is 2.64. The third kappa shape index (κ3) is 14.3. The number of halogens is 2. The first-order valence-corrected chi connectivity index (χ1v) is 8.09. The van der Waals surface area contributed by atoms with Gasteiger partial charge in [-0.3, -0.25) is 0 Å². The van der Waals surface area contributed by atoms with Crippen LogP contribution in [0.3, 0.4) is 0 Å². The second kappa shape index (κ2) is 20.4. The monoisotopic (exact) mass is 422 g/mol. The zero-order valence-corrected chi connectivity index (χ0v) is 20.0. The van der Waals surface area contributed by atoms with E-state index in [1.165, 1.54) is 82.0 Å². The number of quaternary nitrogens is 1. The van der Waals surface area contributed by atoms with E-state index in [9.17, 15) is 0 Å². The van der Waals surface area contributed by atoms with Crippen molar-refractivity contribution in [3.63, 3.8) is 0 Å². The average molecular weight is 425 g/mol. The Labute approximate surface area is 158 Å². The van der Waals surface area contributed by atoms with Crippen molar-refractivity contribution in [2.45, 2.75) is 79.1 Å². The summed E-state index contributed by atoms with van der Waals surface area (Å²) in [6, 6.07) is 0. The molecule has 0 saturated carbocycles. The van der Waals surface area contributed by atoms with Crippen molar-refractivity contribution in [2.75, 3.05) is 26.2 Å². The van der Waals surface area contributed by atoms with Crippen LogP contribution in [0.15, 0.2) is 0 Å². The van der Waals surface area contributed by atoms with Crippen LogP contribution in [-0.2, 0) is 19.5 Å². The van der Waals surface area contributed by atoms with Crippen LogP contribution in [0.25, 0.3) is 0 Å². The van der Waals surface area contributed by atoms with Crippen LogP contribution in [0.1, 0.15) is 79.1 Å². The van der Waals surface area contributed by atoms with Gasteiger partial charge in [0.25, 0.3) is 0 Å². The molecule has 0 spiro atoms. The first-order chi connectivity index (χ1) is 8.24. The van der Waals surface area contributed by atoms with Crippen molar-refractivity contribution in [1.29, 1.82) is 0 Å². The minimum atomic E-state index is 0. The van der Waals surface area contributed by atoms with Gasteiger partial charge in [0.15, 0.2) is 0 Å². The van der Waals surface area contributed by atoms with E-state index < -0.39 is 0 Å². The first-order valence-electron chi connectivity index (χ1n) is 8.09. The molecule has 0 fully saturated rings. The van der Waals surface area contributed by atoms with Crippen molar-refractivity contribution >= 4 is 29.4 Å². The predicted molar refractivity (Wildman–Crippen MR) is 96.9 cm³/mol. The Morgan fingerprint density at radius 3 is 0.900 bits per heavy atom. The van der Waals surface area contributed by atoms with Crippen LogP contribution >= 0.6 is 29.4 Å². The molecule has 120 valence electrons. The maximum absolute atomic E-state index is 2.33. The molecule has 4 heteroatoms. The maximum Gasteiger partial charge on any atom is 2.00 e. The van der Waals surface area contributed by atoms with E-state index in [0.29, 0.717) is 0 Å². The number of hydrogen-bond donors (Lipinski definition) is 0. The van der Waals surface area contributed by atoms with E-state index in [0.717, 1.165) is 0 Å². The fourth-order valence-electron chi connectivity index (χ4n) is 2.64. The van der Waals surface area contributed by atoms with Gasteiger partial charge in [0.1, 0.15) is 0 Å². The molecule has 0 bridgehead atoms. The van der Waals surface area contributed by atoms with E-state index in [1.807, 2.05) is 0 Å². The summed E-state index contributed by atoms with van der Waals surface area (Å²) >= 11 is 0. The summed E-state index contributed by atoms with van der Waals surface area (Å²) in [5.41, 5.74) is 0. The minimum Gasteiger partial charge on any atom is -0.324 e. The Kier molecular flexibility index (Phi) is 29.9. The molecule has 0 saturated heterocycles. The van der Waals surface area contributed by atoms with Gasteiger partial charge in [0.05, 0.1) is 26.2 Å². The van der Waals surface area contributed by atoms with Crippen LogP contribution < -0.4 is 0 Å². The normalized spacial score (nSPS) is 10.2. The molecule has 0 aliphatic carbocycles. The molecule has 0 aromatic rings. The second-order valence-corrected chi connectivity index (χ2v) is 5.65. The molecule has 0 aliphatic rings. The Hall–Kier alpha value is 1.35. The first kappa shape index (κ1) is 29.4. The molecular weight excluding hydrogens is 387 g/mol. The Morgan fingerprint density at radius 1 is 0.550 bits per heavy atom. The van der Waals surface area contributed by atoms with Crippen LogP contribution in [0.2, 0.25) is 0 Å². The molecule has 20 heavy (non-hydrogen) atoms. The van der Waals surface area contributed by atoms with Crippen molar-refractivity contribution in [1.82, 2.24) is 0 Å². The van der Waals surface area contributed by atoms with Crippen molar-refractivity contribution in [3.05, 3.63) is 0 Å². The third-order valence-corrected chi connectivity index (χ3v) is 3.94. The standard InChI is InChI=1S/C16H36N.BrH.ClH.Zn/c1-5-9-13-17(14-10-6-2,15-11-7-3)16-12-8-4;;;/h5-16H2,1-4H3;2*1H;/q+1;;;+2. The van der Waals surface area contributed by atoms with Crippen molar-refractivity contribution in [3.8, 4) is 0 Å². The summed E-state index contributed by atoms with van der Waals surface area (Å²) in [4.78, 5) is 0. The molecule has 0 unspecified atom stereocenters. The van der Waals surface area contributed by atoms with Gasteiger partial charge in [0.2, 0.25) is 0 Å². The molecule has 0 radical (unpaired) electrons. The van der Waals surface area contributed by atoms with E-state index >= 15 is 0 Å². The summed E-state index contributed by atoms with van der Waals surface area (Å²) in [6.07, 6.45) is 11.1. The van der Waals surface area contributed by atoms with Gasteiger partial charge in [0, 0.05) is 0 Å². The largest absolute Gasteiger partial charge is 2.00 e. The van der Waals surface area contributed by atoms with Gasteiger partial charge in [-0.2, -0.15) is 0 Å². The van der Waals surface area contributed by atoms with Crippen LogP contribution in [0.5, 0.6) is 0 Å². The molecule has 0 atom stereocenters. The predicted octanol–water partition coefficient (Wildman–Crippen LogP) is 6.00. The molecular formula is C16H38BrClNZn+3. The average Bonchev–Trinajstić information content (AvgIpc) is 2.37. The third-order valence-electron chi connectivity index (χ3n) is 3.94. The van der Waals surface area contributed by atoms with Crippen LogP contribution in [0, 0.1) is 0 Å². The fraction of sp³-hybridized carbons (Fsp3) is 1.00. The number of unbranched alkanes of at least 4 members (excludes halogenated alkanes) is 4. The van der Waals surface area contributed by atoms with Gasteiger partial charge in [-0.15, -0.1) is 29.4 Å². The number of nitrogens with zero attached hydrogens (tertiary/aromatic N) is 1. The topological polar surface area (TPSA) is 0 Å². The zero-order valence-electron chi connectivity index (χ0n) is 14.5. The Balaban J connectivity index is -0.000000427. The minimum absolute atomic E-state index is 0. The smallest absolute Gasteiger partial charge is 0.324 e.